The van der Waals surface area contributed by atoms with E-state index in [1.165, 1.54) is 17.2 Å². The molecule has 1 aromatic carbocycles. The largest absolute Gasteiger partial charge is 0.370 e. The van der Waals surface area contributed by atoms with E-state index in [-0.39, 0.29) is 5.78 Å². The van der Waals surface area contributed by atoms with Gasteiger partial charge in [-0.2, -0.15) is 11.8 Å². The van der Waals surface area contributed by atoms with Crippen molar-refractivity contribution in [3.8, 4) is 0 Å². The highest BCUT2D eigenvalue weighted by molar-refractivity contribution is 7.99. The van der Waals surface area contributed by atoms with Gasteiger partial charge < -0.3 is 4.90 Å². The van der Waals surface area contributed by atoms with Gasteiger partial charge >= 0.3 is 0 Å². The third-order valence-corrected chi connectivity index (χ3v) is 3.59. The van der Waals surface area contributed by atoms with Crippen molar-refractivity contribution >= 4 is 23.2 Å². The van der Waals surface area contributed by atoms with E-state index in [0.29, 0.717) is 0 Å². The molecule has 0 unspecified atom stereocenters. The number of nitrogens with zero attached hydrogens (tertiary/aromatic N) is 1. The maximum atomic E-state index is 11.1. The molecule has 1 fully saturated rings. The molecule has 0 N–H and O–H groups in total. The Morgan fingerprint density at radius 1 is 1.20 bits per heavy atom. The first kappa shape index (κ1) is 10.6. The molecule has 2 nitrogen and oxygen atoms in total. The number of anilines is 1. The fraction of sp³-hybridized carbons (Fsp3) is 0.417. The van der Waals surface area contributed by atoms with Gasteiger partial charge in [-0.15, -0.1) is 0 Å². The van der Waals surface area contributed by atoms with Gasteiger partial charge in [0.25, 0.3) is 0 Å². The van der Waals surface area contributed by atoms with Crippen LogP contribution in [0.15, 0.2) is 24.3 Å². The van der Waals surface area contributed by atoms with E-state index < -0.39 is 0 Å². The summed E-state index contributed by atoms with van der Waals surface area (Å²) in [5.74, 6) is 2.54. The molecule has 0 spiro atoms. The van der Waals surface area contributed by atoms with Crippen molar-refractivity contribution in [2.24, 2.45) is 0 Å². The Balaban J connectivity index is 2.11. The molecule has 15 heavy (non-hydrogen) atoms. The van der Waals surface area contributed by atoms with E-state index in [1.807, 2.05) is 36.0 Å². The van der Waals surface area contributed by atoms with Crippen molar-refractivity contribution in [1.82, 2.24) is 0 Å². The average Bonchev–Trinajstić information content (AvgIpc) is 2.30. The number of Topliss-reactive ketones (excluding diaryl/α,β-unsaturated/α-hetero) is 1. The molecule has 0 atom stereocenters. The number of thioether (sulfide) groups is 1. The van der Waals surface area contributed by atoms with E-state index in [0.717, 1.165) is 18.7 Å². The number of ketones is 1. The van der Waals surface area contributed by atoms with Crippen LogP contribution in [0.4, 0.5) is 5.69 Å². The SMILES string of the molecule is CC(=O)c1ccc(N2CCSCC2)cc1. The summed E-state index contributed by atoms with van der Waals surface area (Å²) in [4.78, 5) is 13.5. The summed E-state index contributed by atoms with van der Waals surface area (Å²) in [6.45, 7) is 3.83. The van der Waals surface area contributed by atoms with Crippen molar-refractivity contribution in [2.75, 3.05) is 29.5 Å². The minimum absolute atomic E-state index is 0.135. The van der Waals surface area contributed by atoms with Gasteiger partial charge in [-0.25, -0.2) is 0 Å². The maximum Gasteiger partial charge on any atom is 0.159 e. The monoisotopic (exact) mass is 221 g/mol. The number of benzene rings is 1. The molecule has 3 heteroatoms. The Hall–Kier alpha value is -0.960. The Morgan fingerprint density at radius 2 is 1.80 bits per heavy atom. The number of rotatable bonds is 2. The lowest BCUT2D eigenvalue weighted by Crippen LogP contribution is -2.32. The predicted octanol–water partition coefficient (Wildman–Crippen LogP) is 2.44. The predicted molar refractivity (Wildman–Crippen MR) is 66.0 cm³/mol. The number of carbonyl (C=O) groups is 1. The number of hydrogen-bond donors (Lipinski definition) is 0. The van der Waals surface area contributed by atoms with Gasteiger partial charge in [-0.05, 0) is 31.2 Å². The molecular formula is C12H15NOS. The van der Waals surface area contributed by atoms with E-state index in [4.69, 9.17) is 0 Å². The molecule has 1 aromatic rings. The highest BCUT2D eigenvalue weighted by atomic mass is 32.2. The molecule has 1 aliphatic rings. The lowest BCUT2D eigenvalue weighted by Gasteiger charge is -2.28. The summed E-state index contributed by atoms with van der Waals surface area (Å²) < 4.78 is 0. The minimum atomic E-state index is 0.135. The zero-order valence-corrected chi connectivity index (χ0v) is 9.72. The second-order valence-electron chi connectivity index (χ2n) is 3.70. The van der Waals surface area contributed by atoms with Crippen LogP contribution in [0.1, 0.15) is 17.3 Å². The van der Waals surface area contributed by atoms with Gasteiger partial charge in [0, 0.05) is 35.8 Å². The van der Waals surface area contributed by atoms with Gasteiger partial charge in [0.05, 0.1) is 0 Å². The molecule has 1 saturated heterocycles. The van der Waals surface area contributed by atoms with Gasteiger partial charge in [0.15, 0.2) is 5.78 Å². The van der Waals surface area contributed by atoms with E-state index in [2.05, 4.69) is 4.90 Å². The maximum absolute atomic E-state index is 11.1. The van der Waals surface area contributed by atoms with Gasteiger partial charge in [0.1, 0.15) is 0 Å². The number of carbonyl (C=O) groups excluding carboxylic acids is 1. The molecule has 80 valence electrons. The van der Waals surface area contributed by atoms with Gasteiger partial charge in [-0.3, -0.25) is 4.79 Å². The highest BCUT2D eigenvalue weighted by Gasteiger charge is 2.10. The average molecular weight is 221 g/mol. The van der Waals surface area contributed by atoms with Gasteiger partial charge in [0.2, 0.25) is 0 Å². The van der Waals surface area contributed by atoms with Crippen LogP contribution in [-0.2, 0) is 0 Å². The summed E-state index contributed by atoms with van der Waals surface area (Å²) in [7, 11) is 0. The van der Waals surface area contributed by atoms with Crippen LogP contribution in [0.5, 0.6) is 0 Å². The number of hydrogen-bond acceptors (Lipinski definition) is 3. The second-order valence-corrected chi connectivity index (χ2v) is 4.93. The molecule has 0 radical (unpaired) electrons. The summed E-state index contributed by atoms with van der Waals surface area (Å²) in [5.41, 5.74) is 2.03. The van der Waals surface area contributed by atoms with Crippen molar-refractivity contribution in [2.45, 2.75) is 6.92 Å². The Kier molecular flexibility index (Phi) is 3.31. The first-order valence-corrected chi connectivity index (χ1v) is 6.36. The standard InChI is InChI=1S/C12H15NOS/c1-10(14)11-2-4-12(5-3-11)13-6-8-15-9-7-13/h2-5H,6-9H2,1H3. The van der Waals surface area contributed by atoms with Crippen LogP contribution in [-0.4, -0.2) is 30.4 Å². The molecule has 0 aliphatic carbocycles. The zero-order valence-electron chi connectivity index (χ0n) is 8.90. The first-order chi connectivity index (χ1) is 7.27. The van der Waals surface area contributed by atoms with E-state index in [1.54, 1.807) is 6.92 Å². The van der Waals surface area contributed by atoms with Crippen molar-refractivity contribution in [3.05, 3.63) is 29.8 Å². The smallest absolute Gasteiger partial charge is 0.159 e. The fourth-order valence-corrected chi connectivity index (χ4v) is 2.63. The van der Waals surface area contributed by atoms with Gasteiger partial charge in [-0.1, -0.05) is 0 Å². The first-order valence-electron chi connectivity index (χ1n) is 5.21. The van der Waals surface area contributed by atoms with Crippen LogP contribution >= 0.6 is 11.8 Å². The molecular weight excluding hydrogens is 206 g/mol. The molecule has 2 rings (SSSR count). The van der Waals surface area contributed by atoms with Crippen LogP contribution in [0.2, 0.25) is 0 Å². The van der Waals surface area contributed by atoms with E-state index >= 15 is 0 Å². The van der Waals surface area contributed by atoms with E-state index in [9.17, 15) is 4.79 Å². The van der Waals surface area contributed by atoms with Crippen LogP contribution in [0, 0.1) is 0 Å². The van der Waals surface area contributed by atoms with Crippen molar-refractivity contribution in [3.63, 3.8) is 0 Å². The summed E-state index contributed by atoms with van der Waals surface area (Å²) >= 11 is 2.01. The lowest BCUT2D eigenvalue weighted by atomic mass is 10.1. The zero-order chi connectivity index (χ0) is 10.7. The summed E-state index contributed by atoms with van der Waals surface area (Å²) in [6.07, 6.45) is 0. The van der Waals surface area contributed by atoms with Crippen molar-refractivity contribution in [1.29, 1.82) is 0 Å². The van der Waals surface area contributed by atoms with Crippen LogP contribution in [0.3, 0.4) is 0 Å². The molecule has 0 aromatic heterocycles. The highest BCUT2D eigenvalue weighted by Crippen LogP contribution is 2.19. The van der Waals surface area contributed by atoms with Crippen LogP contribution < -0.4 is 4.90 Å². The third-order valence-electron chi connectivity index (χ3n) is 2.65. The summed E-state index contributed by atoms with van der Waals surface area (Å²) in [6, 6.07) is 7.93. The third kappa shape index (κ3) is 2.53. The van der Waals surface area contributed by atoms with Crippen LogP contribution in [0.25, 0.3) is 0 Å². The normalized spacial score (nSPS) is 16.5. The molecule has 1 aliphatic heterocycles. The lowest BCUT2D eigenvalue weighted by molar-refractivity contribution is 0.101. The fourth-order valence-electron chi connectivity index (χ4n) is 1.73. The molecule has 0 bridgehead atoms. The Labute approximate surface area is 94.7 Å². The summed E-state index contributed by atoms with van der Waals surface area (Å²) in [5, 5.41) is 0. The second kappa shape index (κ2) is 4.71. The quantitative estimate of drug-likeness (QED) is 0.715. The molecule has 0 saturated carbocycles. The molecule has 1 heterocycles. The topological polar surface area (TPSA) is 20.3 Å². The Bertz CT molecular complexity index is 341. The van der Waals surface area contributed by atoms with Crippen molar-refractivity contribution < 1.29 is 4.79 Å². The molecule has 0 amide bonds. The minimum Gasteiger partial charge on any atom is -0.370 e. The Morgan fingerprint density at radius 3 is 2.33 bits per heavy atom.